The third-order valence-electron chi connectivity index (χ3n) is 3.84. The molecule has 2 heterocycles. The molecule has 22 heavy (non-hydrogen) atoms. The number of benzene rings is 1. The molecule has 2 aromatic heterocycles. The minimum Gasteiger partial charge on any atom is -0.266 e. The van der Waals surface area contributed by atoms with Crippen LogP contribution in [0, 0.1) is 0 Å². The van der Waals surface area contributed by atoms with Crippen molar-refractivity contribution in [2.24, 2.45) is 0 Å². The standard InChI is InChI=1S/C17H18ClN3O/c1-3-7-12(2)16-19-20-11-10-14(18)15(20)17(22)21(16)13-8-5-4-6-9-13/h4-6,8-12H,3,7H2,1-2H3/t12-/m0/s1. The SMILES string of the molecule is CCC[C@H](C)c1nn2ccc(Cl)c2c(=O)n1-c1ccccc1. The van der Waals surface area contributed by atoms with Crippen molar-refractivity contribution in [2.75, 3.05) is 0 Å². The molecule has 0 amide bonds. The van der Waals surface area contributed by atoms with Gasteiger partial charge in [-0.2, -0.15) is 5.10 Å². The van der Waals surface area contributed by atoms with Gasteiger partial charge in [0.25, 0.3) is 5.56 Å². The number of hydrogen-bond acceptors (Lipinski definition) is 2. The maximum absolute atomic E-state index is 13.0. The molecular weight excluding hydrogens is 298 g/mol. The fourth-order valence-corrected chi connectivity index (χ4v) is 2.98. The molecule has 0 N–H and O–H groups in total. The molecule has 1 atom stereocenters. The molecular formula is C17H18ClN3O. The van der Waals surface area contributed by atoms with E-state index in [-0.39, 0.29) is 11.5 Å². The highest BCUT2D eigenvalue weighted by atomic mass is 35.5. The van der Waals surface area contributed by atoms with Crippen LogP contribution >= 0.6 is 11.6 Å². The normalized spacial score (nSPS) is 12.7. The van der Waals surface area contributed by atoms with Crippen LogP contribution in [0.1, 0.15) is 38.4 Å². The highest BCUT2D eigenvalue weighted by Gasteiger charge is 2.19. The molecule has 0 aliphatic carbocycles. The Bertz CT molecular complexity index is 851. The van der Waals surface area contributed by atoms with E-state index in [0.29, 0.717) is 10.5 Å². The van der Waals surface area contributed by atoms with E-state index in [4.69, 9.17) is 11.6 Å². The molecule has 0 aliphatic heterocycles. The van der Waals surface area contributed by atoms with Crippen LogP contribution in [-0.2, 0) is 0 Å². The quantitative estimate of drug-likeness (QED) is 0.729. The predicted octanol–water partition coefficient (Wildman–Crippen LogP) is 4.04. The molecule has 0 saturated carbocycles. The van der Waals surface area contributed by atoms with Gasteiger partial charge in [0.2, 0.25) is 0 Å². The summed E-state index contributed by atoms with van der Waals surface area (Å²) in [4.78, 5) is 13.0. The Labute approximate surface area is 134 Å². The van der Waals surface area contributed by atoms with E-state index >= 15 is 0 Å². The van der Waals surface area contributed by atoms with Gasteiger partial charge in [0.1, 0.15) is 11.3 Å². The van der Waals surface area contributed by atoms with Gasteiger partial charge in [-0.3, -0.25) is 9.36 Å². The zero-order valence-corrected chi connectivity index (χ0v) is 13.4. The van der Waals surface area contributed by atoms with Crippen LogP contribution in [0.15, 0.2) is 47.4 Å². The number of rotatable bonds is 4. The number of para-hydroxylation sites is 1. The first-order valence-corrected chi connectivity index (χ1v) is 7.86. The number of nitrogens with zero attached hydrogens (tertiary/aromatic N) is 3. The summed E-state index contributed by atoms with van der Waals surface area (Å²) in [6.45, 7) is 4.23. The molecule has 0 radical (unpaired) electrons. The van der Waals surface area contributed by atoms with Gasteiger partial charge in [0, 0.05) is 12.1 Å². The van der Waals surface area contributed by atoms with E-state index in [1.54, 1.807) is 21.3 Å². The Morgan fingerprint density at radius 3 is 2.64 bits per heavy atom. The van der Waals surface area contributed by atoms with Crippen molar-refractivity contribution < 1.29 is 0 Å². The Morgan fingerprint density at radius 2 is 1.95 bits per heavy atom. The molecule has 114 valence electrons. The molecule has 0 saturated heterocycles. The summed E-state index contributed by atoms with van der Waals surface area (Å²) in [5.74, 6) is 0.946. The van der Waals surface area contributed by atoms with Crippen LogP contribution in [0.3, 0.4) is 0 Å². The Morgan fingerprint density at radius 1 is 1.23 bits per heavy atom. The molecule has 4 nitrogen and oxygen atoms in total. The van der Waals surface area contributed by atoms with Crippen molar-refractivity contribution in [3.05, 3.63) is 63.8 Å². The zero-order chi connectivity index (χ0) is 15.7. The number of hydrogen-bond donors (Lipinski definition) is 0. The van der Waals surface area contributed by atoms with E-state index in [1.807, 2.05) is 30.3 Å². The molecule has 0 unspecified atom stereocenters. The van der Waals surface area contributed by atoms with E-state index in [9.17, 15) is 4.79 Å². The molecule has 5 heteroatoms. The summed E-state index contributed by atoms with van der Waals surface area (Å²) in [6, 6.07) is 11.3. The topological polar surface area (TPSA) is 39.3 Å². The van der Waals surface area contributed by atoms with Gasteiger partial charge in [-0.15, -0.1) is 0 Å². The van der Waals surface area contributed by atoms with Crippen molar-refractivity contribution >= 4 is 17.1 Å². The van der Waals surface area contributed by atoms with Gasteiger partial charge in [0.15, 0.2) is 0 Å². The molecule has 1 aromatic carbocycles. The van der Waals surface area contributed by atoms with Crippen molar-refractivity contribution in [3.63, 3.8) is 0 Å². The van der Waals surface area contributed by atoms with Gasteiger partial charge in [-0.1, -0.05) is 50.1 Å². The van der Waals surface area contributed by atoms with Crippen molar-refractivity contribution in [2.45, 2.75) is 32.6 Å². The summed E-state index contributed by atoms with van der Waals surface area (Å²) in [6.07, 6.45) is 3.74. The first-order valence-electron chi connectivity index (χ1n) is 7.48. The van der Waals surface area contributed by atoms with Gasteiger partial charge in [0.05, 0.1) is 10.7 Å². The maximum atomic E-state index is 13.0. The van der Waals surface area contributed by atoms with E-state index in [1.165, 1.54) is 0 Å². The second-order valence-electron chi connectivity index (χ2n) is 5.48. The van der Waals surface area contributed by atoms with Gasteiger partial charge in [-0.05, 0) is 24.6 Å². The lowest BCUT2D eigenvalue weighted by molar-refractivity contribution is 0.581. The molecule has 3 rings (SSSR count). The summed E-state index contributed by atoms with van der Waals surface area (Å²) in [7, 11) is 0. The average molecular weight is 316 g/mol. The number of halogens is 1. The largest absolute Gasteiger partial charge is 0.284 e. The van der Waals surface area contributed by atoms with Crippen LogP contribution in [0.4, 0.5) is 0 Å². The van der Waals surface area contributed by atoms with Gasteiger partial charge < -0.3 is 0 Å². The summed E-state index contributed by atoms with van der Waals surface area (Å²) in [5.41, 5.74) is 1.10. The van der Waals surface area contributed by atoms with Crippen LogP contribution in [0.5, 0.6) is 0 Å². The van der Waals surface area contributed by atoms with Crippen molar-refractivity contribution in [3.8, 4) is 5.69 Å². The minimum atomic E-state index is -0.130. The van der Waals surface area contributed by atoms with Crippen molar-refractivity contribution in [1.82, 2.24) is 14.2 Å². The third-order valence-corrected chi connectivity index (χ3v) is 4.14. The molecule has 0 spiro atoms. The maximum Gasteiger partial charge on any atom is 0.284 e. The van der Waals surface area contributed by atoms with Crippen LogP contribution < -0.4 is 5.56 Å². The highest BCUT2D eigenvalue weighted by molar-refractivity contribution is 6.33. The zero-order valence-electron chi connectivity index (χ0n) is 12.7. The molecule has 0 bridgehead atoms. The average Bonchev–Trinajstić information content (AvgIpc) is 2.90. The number of aromatic nitrogens is 3. The lowest BCUT2D eigenvalue weighted by atomic mass is 10.1. The van der Waals surface area contributed by atoms with E-state index in [0.717, 1.165) is 24.4 Å². The summed E-state index contributed by atoms with van der Waals surface area (Å²) >= 11 is 6.16. The fraction of sp³-hybridized carbons (Fsp3) is 0.294. The first kappa shape index (κ1) is 14.9. The lowest BCUT2D eigenvalue weighted by Gasteiger charge is -2.17. The van der Waals surface area contributed by atoms with E-state index < -0.39 is 0 Å². The Balaban J connectivity index is 2.35. The second kappa shape index (κ2) is 5.97. The van der Waals surface area contributed by atoms with Crippen LogP contribution in [0.25, 0.3) is 11.2 Å². The predicted molar refractivity (Wildman–Crippen MR) is 89.1 cm³/mol. The molecule has 0 aliphatic rings. The minimum absolute atomic E-state index is 0.130. The van der Waals surface area contributed by atoms with E-state index in [2.05, 4.69) is 18.9 Å². The lowest BCUT2D eigenvalue weighted by Crippen LogP contribution is -2.27. The van der Waals surface area contributed by atoms with Crippen molar-refractivity contribution in [1.29, 1.82) is 0 Å². The third kappa shape index (κ3) is 2.44. The second-order valence-corrected chi connectivity index (χ2v) is 5.89. The number of fused-ring (bicyclic) bond motifs is 1. The highest BCUT2D eigenvalue weighted by Crippen LogP contribution is 2.22. The van der Waals surface area contributed by atoms with Crippen LogP contribution in [-0.4, -0.2) is 14.2 Å². The fourth-order valence-electron chi connectivity index (χ4n) is 2.76. The van der Waals surface area contributed by atoms with Crippen LogP contribution in [0.2, 0.25) is 5.02 Å². The summed E-state index contributed by atoms with van der Waals surface area (Å²) < 4.78 is 3.27. The summed E-state index contributed by atoms with van der Waals surface area (Å²) in [5, 5.41) is 5.07. The Kier molecular flexibility index (Phi) is 4.03. The molecule has 3 aromatic rings. The smallest absolute Gasteiger partial charge is 0.266 e. The molecule has 0 fully saturated rings. The van der Waals surface area contributed by atoms with Gasteiger partial charge >= 0.3 is 0 Å². The monoisotopic (exact) mass is 315 g/mol. The Hall–Kier alpha value is -2.07. The first-order chi connectivity index (χ1) is 10.6. The van der Waals surface area contributed by atoms with Gasteiger partial charge in [-0.25, -0.2) is 4.52 Å².